The number of likely N-dealkylation sites (tertiary alicyclic amines) is 1. The second kappa shape index (κ2) is 12.1. The average Bonchev–Trinajstić information content (AvgIpc) is 2.63. The SMILES string of the molecule is CCNC(=NCC(C)(C)SC)NC1CCN(Cc2ccc(F)cc2)CC1.I. The van der Waals surface area contributed by atoms with Gasteiger partial charge in [0.2, 0.25) is 0 Å². The Morgan fingerprint density at radius 1 is 1.26 bits per heavy atom. The van der Waals surface area contributed by atoms with Crippen molar-refractivity contribution >= 4 is 41.7 Å². The molecule has 154 valence electrons. The number of guanidine groups is 1. The quantitative estimate of drug-likeness (QED) is 0.331. The van der Waals surface area contributed by atoms with Crippen molar-refractivity contribution in [1.29, 1.82) is 0 Å². The summed E-state index contributed by atoms with van der Waals surface area (Å²) < 4.78 is 13.2. The third kappa shape index (κ3) is 9.00. The lowest BCUT2D eigenvalue weighted by molar-refractivity contribution is 0.198. The monoisotopic (exact) mass is 508 g/mol. The molecule has 2 N–H and O–H groups in total. The Morgan fingerprint density at radius 3 is 2.44 bits per heavy atom. The molecule has 7 heteroatoms. The highest BCUT2D eigenvalue weighted by atomic mass is 127. The van der Waals surface area contributed by atoms with Crippen molar-refractivity contribution in [1.82, 2.24) is 15.5 Å². The molecule has 0 atom stereocenters. The van der Waals surface area contributed by atoms with E-state index >= 15 is 0 Å². The number of benzene rings is 1. The predicted octanol–water partition coefficient (Wildman–Crippen LogP) is 4.10. The second-order valence-corrected chi connectivity index (χ2v) is 8.99. The molecule has 0 aromatic heterocycles. The van der Waals surface area contributed by atoms with Crippen LogP contribution in [-0.2, 0) is 6.54 Å². The van der Waals surface area contributed by atoms with E-state index < -0.39 is 0 Å². The van der Waals surface area contributed by atoms with Crippen LogP contribution in [0, 0.1) is 5.82 Å². The van der Waals surface area contributed by atoms with Gasteiger partial charge in [0, 0.05) is 37.0 Å². The van der Waals surface area contributed by atoms with Gasteiger partial charge in [-0.15, -0.1) is 24.0 Å². The van der Waals surface area contributed by atoms with E-state index in [2.05, 4.69) is 42.6 Å². The van der Waals surface area contributed by atoms with Gasteiger partial charge in [-0.25, -0.2) is 4.39 Å². The molecule has 2 rings (SSSR count). The molecule has 0 bridgehead atoms. The molecule has 0 radical (unpaired) electrons. The summed E-state index contributed by atoms with van der Waals surface area (Å²) in [6.07, 6.45) is 4.32. The maximum atomic E-state index is 13.0. The lowest BCUT2D eigenvalue weighted by Crippen LogP contribution is -2.48. The fourth-order valence-electron chi connectivity index (χ4n) is 2.93. The molecular weight excluding hydrogens is 474 g/mol. The van der Waals surface area contributed by atoms with Gasteiger partial charge in [-0.2, -0.15) is 11.8 Å². The first kappa shape index (κ1) is 24.5. The molecule has 1 aromatic carbocycles. The molecule has 1 heterocycles. The Balaban J connectivity index is 0.00000364. The van der Waals surface area contributed by atoms with Crippen molar-refractivity contribution in [2.24, 2.45) is 4.99 Å². The van der Waals surface area contributed by atoms with Crippen LogP contribution in [-0.4, -0.2) is 54.1 Å². The number of halogens is 2. The van der Waals surface area contributed by atoms with Crippen LogP contribution in [0.2, 0.25) is 0 Å². The van der Waals surface area contributed by atoms with Crippen molar-refractivity contribution in [3.63, 3.8) is 0 Å². The Labute approximate surface area is 185 Å². The van der Waals surface area contributed by atoms with Crippen LogP contribution >= 0.6 is 35.7 Å². The molecule has 1 fully saturated rings. The van der Waals surface area contributed by atoms with E-state index in [0.717, 1.165) is 51.5 Å². The number of hydrogen-bond donors (Lipinski definition) is 2. The molecule has 0 unspecified atom stereocenters. The van der Waals surface area contributed by atoms with E-state index in [-0.39, 0.29) is 34.5 Å². The minimum absolute atomic E-state index is 0. The van der Waals surface area contributed by atoms with E-state index in [1.165, 1.54) is 5.56 Å². The van der Waals surface area contributed by atoms with Gasteiger partial charge in [0.15, 0.2) is 5.96 Å². The van der Waals surface area contributed by atoms with Gasteiger partial charge in [-0.3, -0.25) is 9.89 Å². The number of rotatable bonds is 7. The highest BCUT2D eigenvalue weighted by molar-refractivity contribution is 14.0. The van der Waals surface area contributed by atoms with Crippen molar-refractivity contribution < 1.29 is 4.39 Å². The minimum atomic E-state index is -0.170. The Bertz CT molecular complexity index is 572. The summed E-state index contributed by atoms with van der Waals surface area (Å²) >= 11 is 1.84. The molecule has 1 aliphatic rings. The number of aliphatic imine (C=N–C) groups is 1. The van der Waals surface area contributed by atoms with Crippen LogP contribution in [0.5, 0.6) is 0 Å². The summed E-state index contributed by atoms with van der Waals surface area (Å²) in [5.74, 6) is 0.753. The van der Waals surface area contributed by atoms with E-state index in [1.807, 2.05) is 23.9 Å². The predicted molar refractivity (Wildman–Crippen MR) is 127 cm³/mol. The van der Waals surface area contributed by atoms with Crippen LogP contribution < -0.4 is 10.6 Å². The smallest absolute Gasteiger partial charge is 0.191 e. The Kier molecular flexibility index (Phi) is 11.0. The van der Waals surface area contributed by atoms with E-state index in [1.54, 1.807) is 12.1 Å². The van der Waals surface area contributed by atoms with Crippen LogP contribution in [0.25, 0.3) is 0 Å². The van der Waals surface area contributed by atoms with E-state index in [4.69, 9.17) is 4.99 Å². The third-order valence-electron chi connectivity index (χ3n) is 4.76. The number of thioether (sulfide) groups is 1. The second-order valence-electron chi connectivity index (χ2n) is 7.48. The highest BCUT2D eigenvalue weighted by Gasteiger charge is 2.21. The van der Waals surface area contributed by atoms with Crippen molar-refractivity contribution in [3.8, 4) is 0 Å². The fourth-order valence-corrected chi connectivity index (χ4v) is 3.12. The molecule has 0 saturated carbocycles. The highest BCUT2D eigenvalue weighted by Crippen LogP contribution is 2.21. The first-order valence-electron chi connectivity index (χ1n) is 9.48. The molecule has 27 heavy (non-hydrogen) atoms. The topological polar surface area (TPSA) is 39.7 Å². The van der Waals surface area contributed by atoms with Crippen molar-refractivity contribution in [2.45, 2.75) is 50.9 Å². The summed E-state index contributed by atoms with van der Waals surface area (Å²) in [6, 6.07) is 7.29. The van der Waals surface area contributed by atoms with Crippen molar-refractivity contribution in [3.05, 3.63) is 35.6 Å². The average molecular weight is 508 g/mol. The van der Waals surface area contributed by atoms with Gasteiger partial charge in [0.25, 0.3) is 0 Å². The van der Waals surface area contributed by atoms with Gasteiger partial charge in [-0.05, 0) is 57.6 Å². The van der Waals surface area contributed by atoms with Gasteiger partial charge >= 0.3 is 0 Å². The summed E-state index contributed by atoms with van der Waals surface area (Å²) in [7, 11) is 0. The summed E-state index contributed by atoms with van der Waals surface area (Å²) in [4.78, 5) is 7.21. The largest absolute Gasteiger partial charge is 0.357 e. The van der Waals surface area contributed by atoms with Crippen LogP contribution in [0.15, 0.2) is 29.3 Å². The molecule has 1 saturated heterocycles. The van der Waals surface area contributed by atoms with E-state index in [0.29, 0.717) is 6.04 Å². The minimum Gasteiger partial charge on any atom is -0.357 e. The third-order valence-corrected chi connectivity index (χ3v) is 6.00. The zero-order valence-electron chi connectivity index (χ0n) is 16.9. The zero-order chi connectivity index (χ0) is 19.0. The maximum absolute atomic E-state index is 13.0. The molecule has 0 spiro atoms. The van der Waals surface area contributed by atoms with Crippen LogP contribution in [0.4, 0.5) is 4.39 Å². The standard InChI is InChI=1S/C20H33FN4S.HI/c1-5-22-19(23-15-20(2,3)26-4)24-18-10-12-25(13-11-18)14-16-6-8-17(21)9-7-16;/h6-9,18H,5,10-15H2,1-4H3,(H2,22,23,24);1H. The molecule has 0 aliphatic carbocycles. The van der Waals surface area contributed by atoms with Crippen molar-refractivity contribution in [2.75, 3.05) is 32.4 Å². The van der Waals surface area contributed by atoms with Gasteiger partial charge < -0.3 is 10.6 Å². The van der Waals surface area contributed by atoms with Gasteiger partial charge in [0.05, 0.1) is 6.54 Å². The first-order chi connectivity index (χ1) is 12.4. The first-order valence-corrected chi connectivity index (χ1v) is 10.7. The Morgan fingerprint density at radius 2 is 1.89 bits per heavy atom. The van der Waals surface area contributed by atoms with Crippen LogP contribution in [0.3, 0.4) is 0 Å². The number of nitrogens with one attached hydrogen (secondary N) is 2. The zero-order valence-corrected chi connectivity index (χ0v) is 20.1. The summed E-state index contributed by atoms with van der Waals surface area (Å²) in [5.41, 5.74) is 1.17. The molecule has 0 amide bonds. The number of nitrogens with zero attached hydrogens (tertiary/aromatic N) is 2. The van der Waals surface area contributed by atoms with Gasteiger partial charge in [0.1, 0.15) is 5.82 Å². The van der Waals surface area contributed by atoms with E-state index in [9.17, 15) is 4.39 Å². The number of hydrogen-bond acceptors (Lipinski definition) is 3. The lowest BCUT2D eigenvalue weighted by atomic mass is 10.0. The summed E-state index contributed by atoms with van der Waals surface area (Å²) in [5, 5.41) is 6.96. The summed E-state index contributed by atoms with van der Waals surface area (Å²) in [6.45, 7) is 11.2. The molecule has 1 aromatic rings. The normalized spacial score (nSPS) is 16.7. The molecule has 4 nitrogen and oxygen atoms in total. The number of piperidine rings is 1. The Hall–Kier alpha value is -0.540. The lowest BCUT2D eigenvalue weighted by Gasteiger charge is -2.33. The van der Waals surface area contributed by atoms with Crippen LogP contribution in [0.1, 0.15) is 39.2 Å². The maximum Gasteiger partial charge on any atom is 0.191 e. The molecule has 1 aliphatic heterocycles. The van der Waals surface area contributed by atoms with Gasteiger partial charge in [-0.1, -0.05) is 12.1 Å². The molecular formula is C20H34FIN4S. The fraction of sp³-hybridized carbons (Fsp3) is 0.650.